The fraction of sp³-hybridized carbons (Fsp3) is 0.263. The van der Waals surface area contributed by atoms with Crippen molar-refractivity contribution in [3.05, 3.63) is 64.4 Å². The summed E-state index contributed by atoms with van der Waals surface area (Å²) in [7, 11) is 1.55. The van der Waals surface area contributed by atoms with Crippen LogP contribution in [0.2, 0.25) is 5.02 Å². The first-order valence-electron chi connectivity index (χ1n) is 8.10. The number of esters is 1. The summed E-state index contributed by atoms with van der Waals surface area (Å²) in [4.78, 5) is 24.8. The van der Waals surface area contributed by atoms with Crippen molar-refractivity contribution in [3.8, 4) is 0 Å². The van der Waals surface area contributed by atoms with E-state index >= 15 is 0 Å². The second-order valence-corrected chi connectivity index (χ2v) is 6.83. The average Bonchev–Trinajstić information content (AvgIpc) is 2.66. The quantitative estimate of drug-likeness (QED) is 0.387. The standard InChI is InChI=1S/C19H19ClFNO4S/c1-25-10-9-22-18(23)12-27-17-8-3-2-5-13(17)19(24)26-11-14-15(20)6-4-7-16(14)21/h2-8H,9-12H2,1H3,(H,22,23). The minimum Gasteiger partial charge on any atom is -0.457 e. The topological polar surface area (TPSA) is 64.6 Å². The fourth-order valence-corrected chi connectivity index (χ4v) is 3.22. The first kappa shape index (κ1) is 21.2. The molecule has 0 saturated carbocycles. The lowest BCUT2D eigenvalue weighted by Gasteiger charge is -2.11. The van der Waals surface area contributed by atoms with E-state index < -0.39 is 11.8 Å². The molecule has 1 amide bonds. The number of carbonyl (C=O) groups is 2. The summed E-state index contributed by atoms with van der Waals surface area (Å²) in [6.45, 7) is 0.571. The highest BCUT2D eigenvalue weighted by Crippen LogP contribution is 2.25. The zero-order chi connectivity index (χ0) is 19.6. The molecular formula is C19H19ClFNO4S. The van der Waals surface area contributed by atoms with Gasteiger partial charge < -0.3 is 14.8 Å². The summed E-state index contributed by atoms with van der Waals surface area (Å²) in [6, 6.07) is 11.0. The molecule has 0 bridgehead atoms. The van der Waals surface area contributed by atoms with Gasteiger partial charge in [0.25, 0.3) is 0 Å². The summed E-state index contributed by atoms with van der Waals surface area (Å²) < 4.78 is 23.9. The number of nitrogens with one attached hydrogen (secondary N) is 1. The van der Waals surface area contributed by atoms with Crippen molar-refractivity contribution in [1.29, 1.82) is 0 Å². The van der Waals surface area contributed by atoms with Gasteiger partial charge in [-0.15, -0.1) is 11.8 Å². The van der Waals surface area contributed by atoms with E-state index in [0.29, 0.717) is 23.6 Å². The minimum atomic E-state index is -0.614. The third-order valence-corrected chi connectivity index (χ3v) is 4.93. The summed E-state index contributed by atoms with van der Waals surface area (Å²) in [5.41, 5.74) is 0.426. The van der Waals surface area contributed by atoms with E-state index in [-0.39, 0.29) is 28.9 Å². The highest BCUT2D eigenvalue weighted by Gasteiger charge is 2.16. The SMILES string of the molecule is COCCNC(=O)CSc1ccccc1C(=O)OCc1c(F)cccc1Cl. The lowest BCUT2D eigenvalue weighted by atomic mass is 10.2. The molecule has 5 nitrogen and oxygen atoms in total. The second-order valence-electron chi connectivity index (χ2n) is 5.40. The first-order valence-corrected chi connectivity index (χ1v) is 9.46. The number of benzene rings is 2. The monoisotopic (exact) mass is 411 g/mol. The van der Waals surface area contributed by atoms with E-state index in [1.807, 2.05) is 0 Å². The summed E-state index contributed by atoms with van der Waals surface area (Å²) in [6.07, 6.45) is 0. The van der Waals surface area contributed by atoms with Gasteiger partial charge in [0, 0.05) is 24.1 Å². The Balaban J connectivity index is 1.97. The molecule has 0 aliphatic rings. The molecule has 2 aromatic rings. The normalized spacial score (nSPS) is 10.5. The molecule has 0 saturated heterocycles. The molecular weight excluding hydrogens is 393 g/mol. The van der Waals surface area contributed by atoms with Gasteiger partial charge >= 0.3 is 5.97 Å². The van der Waals surface area contributed by atoms with E-state index in [4.69, 9.17) is 21.1 Å². The molecule has 0 spiro atoms. The van der Waals surface area contributed by atoms with Crippen LogP contribution in [0.1, 0.15) is 15.9 Å². The smallest absolute Gasteiger partial charge is 0.339 e. The van der Waals surface area contributed by atoms with Gasteiger partial charge in [0.05, 0.1) is 22.9 Å². The van der Waals surface area contributed by atoms with Crippen LogP contribution in [0.3, 0.4) is 0 Å². The maximum absolute atomic E-state index is 13.8. The molecule has 1 N–H and O–H groups in total. The molecule has 0 atom stereocenters. The van der Waals surface area contributed by atoms with Crippen LogP contribution in [0.4, 0.5) is 4.39 Å². The van der Waals surface area contributed by atoms with Crippen molar-refractivity contribution < 1.29 is 23.5 Å². The van der Waals surface area contributed by atoms with Crippen LogP contribution in [-0.4, -0.2) is 37.9 Å². The highest BCUT2D eigenvalue weighted by molar-refractivity contribution is 8.00. The molecule has 0 fully saturated rings. The van der Waals surface area contributed by atoms with Gasteiger partial charge in [-0.3, -0.25) is 4.79 Å². The molecule has 0 heterocycles. The van der Waals surface area contributed by atoms with Crippen LogP contribution < -0.4 is 5.32 Å². The molecule has 2 rings (SSSR count). The maximum atomic E-state index is 13.8. The number of halogens is 2. The van der Waals surface area contributed by atoms with Crippen LogP contribution in [0.15, 0.2) is 47.4 Å². The van der Waals surface area contributed by atoms with Crippen molar-refractivity contribution in [2.45, 2.75) is 11.5 Å². The number of ether oxygens (including phenoxy) is 2. The number of thioether (sulfide) groups is 1. The van der Waals surface area contributed by atoms with E-state index in [9.17, 15) is 14.0 Å². The lowest BCUT2D eigenvalue weighted by molar-refractivity contribution is -0.118. The molecule has 0 aliphatic heterocycles. The van der Waals surface area contributed by atoms with Gasteiger partial charge in [-0.25, -0.2) is 9.18 Å². The van der Waals surface area contributed by atoms with Gasteiger partial charge in [-0.05, 0) is 24.3 Å². The first-order chi connectivity index (χ1) is 13.0. The van der Waals surface area contributed by atoms with Crippen molar-refractivity contribution in [1.82, 2.24) is 5.32 Å². The zero-order valence-electron chi connectivity index (χ0n) is 14.7. The summed E-state index contributed by atoms with van der Waals surface area (Å²) >= 11 is 7.15. The number of amides is 1. The molecule has 144 valence electrons. The number of carbonyl (C=O) groups excluding carboxylic acids is 2. The predicted molar refractivity (Wildman–Crippen MR) is 103 cm³/mol. The van der Waals surface area contributed by atoms with Crippen molar-refractivity contribution in [2.24, 2.45) is 0 Å². The van der Waals surface area contributed by atoms with Crippen molar-refractivity contribution in [2.75, 3.05) is 26.0 Å². The Hall–Kier alpha value is -2.09. The Bertz CT molecular complexity index is 783. The number of hydrogen-bond acceptors (Lipinski definition) is 5. The summed E-state index contributed by atoms with van der Waals surface area (Å²) in [5.74, 6) is -1.17. The molecule has 8 heteroatoms. The molecule has 27 heavy (non-hydrogen) atoms. The lowest BCUT2D eigenvalue weighted by Crippen LogP contribution is -2.28. The molecule has 0 aliphatic carbocycles. The van der Waals surface area contributed by atoms with Gasteiger partial charge in [-0.2, -0.15) is 0 Å². The van der Waals surface area contributed by atoms with Crippen LogP contribution >= 0.6 is 23.4 Å². The Morgan fingerprint density at radius 1 is 1.19 bits per heavy atom. The Kier molecular flexibility index (Phi) is 8.57. The zero-order valence-corrected chi connectivity index (χ0v) is 16.2. The van der Waals surface area contributed by atoms with Crippen LogP contribution in [0, 0.1) is 5.82 Å². The minimum absolute atomic E-state index is 0.121. The predicted octanol–water partition coefficient (Wildman–Crippen LogP) is 3.69. The second kappa shape index (κ2) is 10.9. The Labute approximate surface area is 166 Å². The Morgan fingerprint density at radius 2 is 1.96 bits per heavy atom. The summed E-state index contributed by atoms with van der Waals surface area (Å²) in [5, 5.41) is 2.90. The number of hydrogen-bond donors (Lipinski definition) is 1. The van der Waals surface area contributed by atoms with Crippen LogP contribution in [-0.2, 0) is 20.9 Å². The van der Waals surface area contributed by atoms with Gasteiger partial charge in [0.2, 0.25) is 5.91 Å². The Morgan fingerprint density at radius 3 is 2.70 bits per heavy atom. The van der Waals surface area contributed by atoms with Crippen LogP contribution in [0.25, 0.3) is 0 Å². The third-order valence-electron chi connectivity index (χ3n) is 3.50. The fourth-order valence-electron chi connectivity index (χ4n) is 2.13. The van der Waals surface area contributed by atoms with Gasteiger partial charge in [-0.1, -0.05) is 29.8 Å². The molecule has 0 aromatic heterocycles. The third kappa shape index (κ3) is 6.53. The van der Waals surface area contributed by atoms with Crippen molar-refractivity contribution in [3.63, 3.8) is 0 Å². The van der Waals surface area contributed by atoms with E-state index in [2.05, 4.69) is 5.32 Å². The van der Waals surface area contributed by atoms with E-state index in [0.717, 1.165) is 0 Å². The van der Waals surface area contributed by atoms with Gasteiger partial charge in [0.15, 0.2) is 0 Å². The number of rotatable bonds is 9. The number of methoxy groups -OCH3 is 1. The van der Waals surface area contributed by atoms with Crippen LogP contribution in [0.5, 0.6) is 0 Å². The molecule has 2 aromatic carbocycles. The highest BCUT2D eigenvalue weighted by atomic mass is 35.5. The van der Waals surface area contributed by atoms with E-state index in [1.54, 1.807) is 31.4 Å². The van der Waals surface area contributed by atoms with E-state index in [1.165, 1.54) is 30.0 Å². The molecule has 0 unspecified atom stereocenters. The largest absolute Gasteiger partial charge is 0.457 e. The molecule has 0 radical (unpaired) electrons. The van der Waals surface area contributed by atoms with Gasteiger partial charge in [0.1, 0.15) is 12.4 Å². The van der Waals surface area contributed by atoms with Crippen molar-refractivity contribution >= 4 is 35.2 Å². The average molecular weight is 412 g/mol. The maximum Gasteiger partial charge on any atom is 0.339 e.